The molecule has 6 rings (SSSR count). The Kier molecular flexibility index (Phi) is 11.2. The van der Waals surface area contributed by atoms with Crippen LogP contribution in [0.5, 0.6) is 0 Å². The number of carbonyl (C=O) groups excluding carboxylic acids is 5. The molecular formula is C38H54N6O9S. The van der Waals surface area contributed by atoms with E-state index in [1.54, 1.807) is 25.7 Å². The molecule has 16 heteroatoms. The van der Waals surface area contributed by atoms with Crippen molar-refractivity contribution in [1.29, 1.82) is 0 Å². The minimum absolute atomic E-state index is 0.0652. The molecule has 0 aromatic heterocycles. The van der Waals surface area contributed by atoms with Crippen LogP contribution in [0.4, 0.5) is 15.3 Å². The molecule has 0 radical (unpaired) electrons. The number of anilines is 1. The molecule has 1 saturated heterocycles. The highest BCUT2D eigenvalue weighted by molar-refractivity contribution is 7.91. The lowest BCUT2D eigenvalue weighted by molar-refractivity contribution is -0.141. The molecular weight excluding hydrogens is 717 g/mol. The van der Waals surface area contributed by atoms with Crippen molar-refractivity contribution in [3.05, 3.63) is 41.5 Å². The second-order valence-corrected chi connectivity index (χ2v) is 18.6. The predicted octanol–water partition coefficient (Wildman–Crippen LogP) is 3.83. The second kappa shape index (κ2) is 15.4. The lowest BCUT2D eigenvalue weighted by Gasteiger charge is -2.30. The number of fused-ring (bicyclic) bond motifs is 3. The number of carbonyl (C=O) groups is 5. The van der Waals surface area contributed by atoms with Crippen molar-refractivity contribution in [3.8, 4) is 0 Å². The van der Waals surface area contributed by atoms with Gasteiger partial charge in [0, 0.05) is 37.2 Å². The van der Waals surface area contributed by atoms with Gasteiger partial charge < -0.3 is 30.3 Å². The number of ether oxygens (including phenoxy) is 2. The van der Waals surface area contributed by atoms with Crippen LogP contribution in [0.1, 0.15) is 104 Å². The zero-order valence-corrected chi connectivity index (χ0v) is 32.6. The summed E-state index contributed by atoms with van der Waals surface area (Å²) in [6.45, 7) is 9.77. The van der Waals surface area contributed by atoms with E-state index in [9.17, 15) is 32.4 Å². The molecule has 54 heavy (non-hydrogen) atoms. The van der Waals surface area contributed by atoms with Gasteiger partial charge in [0.1, 0.15) is 29.3 Å². The Morgan fingerprint density at radius 2 is 1.76 bits per heavy atom. The first-order chi connectivity index (χ1) is 25.4. The molecule has 5 atom stereocenters. The number of hydrogen-bond donors (Lipinski definition) is 4. The van der Waals surface area contributed by atoms with Gasteiger partial charge in [-0.2, -0.15) is 0 Å². The SMILES string of the molecule is CC(C)Nc1ccc2c(c1)CN(C(=O)O[C@@H]1C[C@H]3C(=O)N[C@]4(C(=O)NS(=O)(=O)C5CC5)C[C@H]4/C=C\CCCCC[C@H](NC(=O)OC(C)(C)C)C(=O)N3C1)C2. The van der Waals surface area contributed by atoms with E-state index in [-0.39, 0.29) is 31.8 Å². The van der Waals surface area contributed by atoms with Crippen molar-refractivity contribution in [2.24, 2.45) is 5.92 Å². The maximum atomic E-state index is 14.4. The van der Waals surface area contributed by atoms with Crippen LogP contribution in [0, 0.1) is 5.92 Å². The number of nitrogens with one attached hydrogen (secondary N) is 4. The molecule has 5 amide bonds. The Hall–Kier alpha value is -4.34. The Balaban J connectivity index is 1.23. The number of hydrogen-bond acceptors (Lipinski definition) is 10. The third-order valence-electron chi connectivity index (χ3n) is 10.4. The van der Waals surface area contributed by atoms with Crippen molar-refractivity contribution >= 4 is 45.6 Å². The Morgan fingerprint density at radius 1 is 1.02 bits per heavy atom. The highest BCUT2D eigenvalue weighted by Crippen LogP contribution is 2.46. The van der Waals surface area contributed by atoms with Crippen molar-refractivity contribution in [2.45, 2.75) is 146 Å². The summed E-state index contributed by atoms with van der Waals surface area (Å²) in [4.78, 5) is 71.7. The monoisotopic (exact) mass is 770 g/mol. The van der Waals surface area contributed by atoms with E-state index in [4.69, 9.17) is 9.47 Å². The van der Waals surface area contributed by atoms with Crippen molar-refractivity contribution in [1.82, 2.24) is 25.2 Å². The number of rotatable bonds is 7. The summed E-state index contributed by atoms with van der Waals surface area (Å²) in [5.74, 6) is -2.49. The first-order valence-electron chi connectivity index (χ1n) is 19.1. The molecule has 4 N–H and O–H groups in total. The first-order valence-corrected chi connectivity index (χ1v) is 20.7. The molecule has 0 spiro atoms. The van der Waals surface area contributed by atoms with Gasteiger partial charge in [0.2, 0.25) is 21.8 Å². The minimum atomic E-state index is -3.90. The number of sulfonamides is 1. The lowest BCUT2D eigenvalue weighted by Crippen LogP contribution is -2.58. The molecule has 0 bridgehead atoms. The van der Waals surface area contributed by atoms with Crippen LogP contribution < -0.4 is 20.7 Å². The lowest BCUT2D eigenvalue weighted by atomic mass is 10.0. The number of alkyl carbamates (subject to hydrolysis) is 1. The molecule has 15 nitrogen and oxygen atoms in total. The van der Waals surface area contributed by atoms with E-state index in [1.807, 2.05) is 44.2 Å². The number of allylic oxidation sites excluding steroid dienone is 1. The summed E-state index contributed by atoms with van der Waals surface area (Å²) < 4.78 is 39.2. The first kappa shape index (κ1) is 39.4. The smallest absolute Gasteiger partial charge is 0.410 e. The molecule has 2 saturated carbocycles. The van der Waals surface area contributed by atoms with Crippen molar-refractivity contribution in [3.63, 3.8) is 0 Å². The second-order valence-electron chi connectivity index (χ2n) is 16.6. The fourth-order valence-electron chi connectivity index (χ4n) is 7.46. The normalized spacial score (nSPS) is 28.0. The third kappa shape index (κ3) is 9.29. The van der Waals surface area contributed by atoms with Gasteiger partial charge in [0.05, 0.1) is 11.8 Å². The molecule has 5 aliphatic rings. The van der Waals surface area contributed by atoms with Crippen LogP contribution >= 0.6 is 0 Å². The Bertz CT molecular complexity index is 1790. The van der Waals surface area contributed by atoms with Crippen LogP contribution in [0.15, 0.2) is 30.4 Å². The predicted molar refractivity (Wildman–Crippen MR) is 199 cm³/mol. The molecule has 296 valence electrons. The van der Waals surface area contributed by atoms with E-state index in [0.717, 1.165) is 29.7 Å². The van der Waals surface area contributed by atoms with Gasteiger partial charge in [-0.3, -0.25) is 24.0 Å². The van der Waals surface area contributed by atoms with Crippen LogP contribution in [0.2, 0.25) is 0 Å². The largest absolute Gasteiger partial charge is 0.444 e. The van der Waals surface area contributed by atoms with Gasteiger partial charge in [-0.05, 0) is 96.4 Å². The zero-order valence-electron chi connectivity index (χ0n) is 31.8. The maximum Gasteiger partial charge on any atom is 0.410 e. The van der Waals surface area contributed by atoms with E-state index in [2.05, 4.69) is 20.7 Å². The van der Waals surface area contributed by atoms with Crippen molar-refractivity contribution < 1.29 is 41.9 Å². The van der Waals surface area contributed by atoms with Crippen LogP contribution in [0.3, 0.4) is 0 Å². The molecule has 3 aliphatic heterocycles. The van der Waals surface area contributed by atoms with Gasteiger partial charge in [-0.25, -0.2) is 18.0 Å². The van der Waals surface area contributed by atoms with Crippen LogP contribution in [0.25, 0.3) is 0 Å². The average Bonchev–Trinajstić information content (AvgIpc) is 3.96. The zero-order chi connectivity index (χ0) is 39.0. The topological polar surface area (TPSA) is 193 Å². The van der Waals surface area contributed by atoms with E-state index in [1.165, 1.54) is 4.90 Å². The molecule has 2 aliphatic carbocycles. The van der Waals surface area contributed by atoms with Gasteiger partial charge in [0.15, 0.2) is 0 Å². The molecule has 3 fully saturated rings. The summed E-state index contributed by atoms with van der Waals surface area (Å²) in [6.07, 6.45) is 5.64. The summed E-state index contributed by atoms with van der Waals surface area (Å²) in [5.41, 5.74) is 0.578. The van der Waals surface area contributed by atoms with Gasteiger partial charge in [0.25, 0.3) is 5.91 Å². The van der Waals surface area contributed by atoms with Crippen LogP contribution in [-0.4, -0.2) is 95.3 Å². The average molecular weight is 771 g/mol. The van der Waals surface area contributed by atoms with Crippen molar-refractivity contribution in [2.75, 3.05) is 11.9 Å². The molecule has 0 unspecified atom stereocenters. The standard InChI is InChI=1S/C38H54N6O9S/c1-23(2)39-27-14-13-24-20-43(21-25(24)17-27)36(49)52-28-18-31-32(45)41-38(34(47)42-54(50,51)29-15-16-29)19-26(38)11-9-7-6-8-10-12-30(33(46)44(31)22-28)40-35(48)53-37(3,4)5/h9,11,13-14,17,23,26,28-31,39H,6-8,10,12,15-16,18-22H2,1-5H3,(H,40,48)(H,41,45)(H,42,47)/b11-9-/t26-,28-,30+,31+,38-/m1/s1. The van der Waals surface area contributed by atoms with E-state index >= 15 is 0 Å². The highest BCUT2D eigenvalue weighted by atomic mass is 32.2. The van der Waals surface area contributed by atoms with Gasteiger partial charge >= 0.3 is 12.2 Å². The Morgan fingerprint density at radius 3 is 2.46 bits per heavy atom. The number of amides is 5. The maximum absolute atomic E-state index is 14.4. The van der Waals surface area contributed by atoms with Gasteiger partial charge in [-0.1, -0.05) is 31.1 Å². The summed E-state index contributed by atoms with van der Waals surface area (Å²) in [6, 6.07) is 3.97. The molecule has 1 aromatic carbocycles. The summed E-state index contributed by atoms with van der Waals surface area (Å²) in [5, 5.41) is 8.26. The third-order valence-corrected chi connectivity index (χ3v) is 12.3. The highest BCUT2D eigenvalue weighted by Gasteiger charge is 2.62. The fraction of sp³-hybridized carbons (Fsp3) is 0.658. The van der Waals surface area contributed by atoms with Crippen LogP contribution in [-0.2, 0) is 47.0 Å². The van der Waals surface area contributed by atoms with Gasteiger partial charge in [-0.15, -0.1) is 0 Å². The number of benzene rings is 1. The molecule has 3 heterocycles. The fourth-order valence-corrected chi connectivity index (χ4v) is 8.82. The Labute approximate surface area is 317 Å². The summed E-state index contributed by atoms with van der Waals surface area (Å²) >= 11 is 0. The summed E-state index contributed by atoms with van der Waals surface area (Å²) in [7, 11) is -3.90. The quantitative estimate of drug-likeness (QED) is 0.297. The van der Waals surface area contributed by atoms with E-state index in [0.29, 0.717) is 38.8 Å². The van der Waals surface area contributed by atoms with E-state index < -0.39 is 80.4 Å². The number of nitrogens with zero attached hydrogens (tertiary/aromatic N) is 2. The minimum Gasteiger partial charge on any atom is -0.444 e. The molecule has 1 aromatic rings.